The van der Waals surface area contributed by atoms with Gasteiger partial charge in [0.25, 0.3) is 0 Å². The highest BCUT2D eigenvalue weighted by atomic mass is 16.5. The summed E-state index contributed by atoms with van der Waals surface area (Å²) in [6.07, 6.45) is -0.633. The zero-order valence-corrected chi connectivity index (χ0v) is 10.6. The van der Waals surface area contributed by atoms with Crippen LogP contribution in [0.1, 0.15) is 0 Å². The summed E-state index contributed by atoms with van der Waals surface area (Å²) < 4.78 is 10.7. The molecule has 0 saturated carbocycles. The van der Waals surface area contributed by atoms with E-state index in [-0.39, 0.29) is 5.76 Å². The molecule has 0 heterocycles. The topological polar surface area (TPSA) is 52.6 Å². The van der Waals surface area contributed by atoms with Crippen molar-refractivity contribution in [2.75, 3.05) is 0 Å². The monoisotopic (exact) mass is 268 g/mol. The highest BCUT2D eigenvalue weighted by Gasteiger charge is 2.19. The van der Waals surface area contributed by atoms with Crippen LogP contribution in [0.5, 0.6) is 11.5 Å². The Balaban J connectivity index is 2.13. The van der Waals surface area contributed by atoms with Gasteiger partial charge in [0.15, 0.2) is 12.2 Å². The van der Waals surface area contributed by atoms with Gasteiger partial charge in [0.05, 0.1) is 0 Å². The summed E-state index contributed by atoms with van der Waals surface area (Å²) in [5.41, 5.74) is 0. The molecule has 20 heavy (non-hydrogen) atoms. The lowest BCUT2D eigenvalue weighted by Crippen LogP contribution is -2.24. The quantitative estimate of drug-likeness (QED) is 0.458. The molecule has 0 amide bonds. The van der Waals surface area contributed by atoms with E-state index in [1.165, 1.54) is 0 Å². The van der Waals surface area contributed by atoms with Crippen molar-refractivity contribution in [1.29, 1.82) is 0 Å². The molecule has 0 aliphatic heterocycles. The second-order valence-corrected chi connectivity index (χ2v) is 3.87. The van der Waals surface area contributed by atoms with Gasteiger partial charge in [-0.1, -0.05) is 36.4 Å². The summed E-state index contributed by atoms with van der Waals surface area (Å²) in [5, 5.41) is 0. The first-order valence-corrected chi connectivity index (χ1v) is 5.98. The summed E-state index contributed by atoms with van der Waals surface area (Å²) in [4.78, 5) is 22.1. The van der Waals surface area contributed by atoms with Crippen molar-refractivity contribution in [3.05, 3.63) is 66.4 Å². The molecule has 0 N–H and O–H groups in total. The minimum absolute atomic E-state index is 0.213. The lowest BCUT2D eigenvalue weighted by Gasteiger charge is -2.14. The van der Waals surface area contributed by atoms with Gasteiger partial charge in [0.2, 0.25) is 11.9 Å². The highest BCUT2D eigenvalue weighted by Crippen LogP contribution is 2.17. The maximum atomic E-state index is 11.1. The standard InChI is InChI=1S/C16H12O4/c17-11-15(19-13-7-3-1-4-8-13)16(12-18)20-14-9-5-2-6-10-14/h1-11,15H/t15-/m0/s1. The summed E-state index contributed by atoms with van der Waals surface area (Å²) >= 11 is 0. The number of hydrogen-bond acceptors (Lipinski definition) is 4. The van der Waals surface area contributed by atoms with E-state index in [2.05, 4.69) is 0 Å². The summed E-state index contributed by atoms with van der Waals surface area (Å²) in [7, 11) is 0. The maximum absolute atomic E-state index is 11.1. The minimum Gasteiger partial charge on any atom is -0.474 e. The van der Waals surface area contributed by atoms with Gasteiger partial charge in [-0.2, -0.15) is 0 Å². The Labute approximate surface area is 116 Å². The number of para-hydroxylation sites is 2. The van der Waals surface area contributed by atoms with Crippen LogP contribution in [-0.2, 0) is 9.59 Å². The molecular weight excluding hydrogens is 256 g/mol. The smallest absolute Gasteiger partial charge is 0.235 e. The average molecular weight is 268 g/mol. The van der Waals surface area contributed by atoms with Crippen LogP contribution in [0.15, 0.2) is 66.4 Å². The third-order valence-electron chi connectivity index (χ3n) is 2.46. The number of ether oxygens (including phenoxy) is 2. The zero-order valence-electron chi connectivity index (χ0n) is 10.6. The van der Waals surface area contributed by atoms with Gasteiger partial charge in [-0.05, 0) is 24.3 Å². The maximum Gasteiger partial charge on any atom is 0.235 e. The molecule has 0 spiro atoms. The van der Waals surface area contributed by atoms with Crippen LogP contribution in [0.2, 0.25) is 0 Å². The highest BCUT2D eigenvalue weighted by molar-refractivity contribution is 5.69. The van der Waals surface area contributed by atoms with Gasteiger partial charge in [-0.3, -0.25) is 4.79 Å². The number of carbonyl (C=O) groups is 1. The molecule has 2 rings (SSSR count). The molecule has 4 nitrogen and oxygen atoms in total. The van der Waals surface area contributed by atoms with Crippen LogP contribution < -0.4 is 9.47 Å². The van der Waals surface area contributed by atoms with E-state index in [1.807, 2.05) is 12.1 Å². The Morgan fingerprint density at radius 1 is 0.950 bits per heavy atom. The first-order chi connectivity index (χ1) is 9.83. The zero-order chi connectivity index (χ0) is 14.2. The molecule has 0 aliphatic carbocycles. The SMILES string of the molecule is O=C=C(Oc1ccccc1)[C@H](C=O)Oc1ccccc1. The van der Waals surface area contributed by atoms with Crippen molar-refractivity contribution in [3.63, 3.8) is 0 Å². The van der Waals surface area contributed by atoms with E-state index in [1.54, 1.807) is 54.5 Å². The van der Waals surface area contributed by atoms with E-state index in [0.717, 1.165) is 0 Å². The van der Waals surface area contributed by atoms with Crippen LogP contribution in [-0.4, -0.2) is 18.3 Å². The molecule has 0 radical (unpaired) electrons. The molecular formula is C16H12O4. The normalized spacial score (nSPS) is 11.0. The Hall–Kier alpha value is -2.84. The van der Waals surface area contributed by atoms with Gasteiger partial charge in [-0.25, -0.2) is 4.79 Å². The largest absolute Gasteiger partial charge is 0.474 e. The van der Waals surface area contributed by atoms with E-state index < -0.39 is 6.10 Å². The summed E-state index contributed by atoms with van der Waals surface area (Å²) in [5.74, 6) is 2.30. The van der Waals surface area contributed by atoms with Crippen LogP contribution in [0.4, 0.5) is 0 Å². The van der Waals surface area contributed by atoms with Crippen molar-refractivity contribution in [3.8, 4) is 11.5 Å². The Morgan fingerprint density at radius 2 is 1.50 bits per heavy atom. The second-order valence-electron chi connectivity index (χ2n) is 3.87. The predicted molar refractivity (Wildman–Crippen MR) is 73.2 cm³/mol. The van der Waals surface area contributed by atoms with Crippen molar-refractivity contribution in [1.82, 2.24) is 0 Å². The van der Waals surface area contributed by atoms with Gasteiger partial charge in [0, 0.05) is 0 Å². The molecule has 0 fully saturated rings. The van der Waals surface area contributed by atoms with Gasteiger partial charge in [-0.15, -0.1) is 0 Å². The fourth-order valence-electron chi connectivity index (χ4n) is 1.54. The fraction of sp³-hybridized carbons (Fsp3) is 0.0625. The Bertz CT molecular complexity index is 601. The van der Waals surface area contributed by atoms with E-state index >= 15 is 0 Å². The Kier molecular flexibility index (Phi) is 4.70. The molecule has 2 aromatic carbocycles. The van der Waals surface area contributed by atoms with Crippen molar-refractivity contribution in [2.24, 2.45) is 0 Å². The van der Waals surface area contributed by atoms with Crippen LogP contribution in [0.3, 0.4) is 0 Å². The number of aldehydes is 1. The molecule has 0 saturated heterocycles. The lowest BCUT2D eigenvalue weighted by atomic mass is 10.3. The number of carbonyl (C=O) groups excluding carboxylic acids is 2. The minimum atomic E-state index is -1.13. The lowest BCUT2D eigenvalue weighted by molar-refractivity contribution is -0.113. The van der Waals surface area contributed by atoms with Gasteiger partial charge >= 0.3 is 0 Å². The fourth-order valence-corrected chi connectivity index (χ4v) is 1.54. The molecule has 1 atom stereocenters. The summed E-state index contributed by atoms with van der Waals surface area (Å²) in [6, 6.07) is 17.4. The molecule has 2 aromatic rings. The summed E-state index contributed by atoms with van der Waals surface area (Å²) in [6.45, 7) is 0. The molecule has 0 unspecified atom stereocenters. The molecule has 0 bridgehead atoms. The van der Waals surface area contributed by atoms with Crippen molar-refractivity contribution in [2.45, 2.75) is 6.10 Å². The van der Waals surface area contributed by atoms with E-state index in [0.29, 0.717) is 17.8 Å². The molecule has 0 aromatic heterocycles. The molecule has 100 valence electrons. The number of benzene rings is 2. The number of rotatable bonds is 6. The Morgan fingerprint density at radius 3 is 2.00 bits per heavy atom. The van der Waals surface area contributed by atoms with Crippen LogP contribution >= 0.6 is 0 Å². The average Bonchev–Trinajstić information content (AvgIpc) is 2.52. The van der Waals surface area contributed by atoms with Crippen molar-refractivity contribution < 1.29 is 19.1 Å². The molecule has 0 aliphatic rings. The van der Waals surface area contributed by atoms with Crippen LogP contribution in [0.25, 0.3) is 0 Å². The van der Waals surface area contributed by atoms with E-state index in [9.17, 15) is 9.59 Å². The van der Waals surface area contributed by atoms with Gasteiger partial charge < -0.3 is 9.47 Å². The van der Waals surface area contributed by atoms with E-state index in [4.69, 9.17) is 9.47 Å². The van der Waals surface area contributed by atoms with Crippen molar-refractivity contribution >= 4 is 12.2 Å². The molecule has 4 heteroatoms. The third-order valence-corrected chi connectivity index (χ3v) is 2.46. The first-order valence-electron chi connectivity index (χ1n) is 5.98. The van der Waals surface area contributed by atoms with Gasteiger partial charge in [0.1, 0.15) is 11.5 Å². The third kappa shape index (κ3) is 3.57. The predicted octanol–water partition coefficient (Wildman–Crippen LogP) is 2.43. The second kappa shape index (κ2) is 6.92. The first kappa shape index (κ1) is 13.6. The van der Waals surface area contributed by atoms with Crippen LogP contribution in [0, 0.1) is 0 Å². The number of hydrogen-bond donors (Lipinski definition) is 0.